The Morgan fingerprint density at radius 3 is 2.38 bits per heavy atom. The molecule has 37 heavy (non-hydrogen) atoms. The predicted octanol–water partition coefficient (Wildman–Crippen LogP) is 4.44. The Balaban J connectivity index is 1.69. The van der Waals surface area contributed by atoms with Crippen molar-refractivity contribution in [1.29, 1.82) is 10.5 Å². The number of nitriles is 2. The molecule has 0 bridgehead atoms. The van der Waals surface area contributed by atoms with Crippen LogP contribution in [0.3, 0.4) is 0 Å². The average Bonchev–Trinajstić information content (AvgIpc) is 2.91. The number of pyridine rings is 1. The normalized spacial score (nSPS) is 19.4. The summed E-state index contributed by atoms with van der Waals surface area (Å²) in [5, 5.41) is 18.9. The van der Waals surface area contributed by atoms with Crippen molar-refractivity contribution in [1.82, 2.24) is 19.4 Å². The second kappa shape index (κ2) is 10.3. The van der Waals surface area contributed by atoms with Gasteiger partial charge in [0, 0.05) is 38.3 Å². The van der Waals surface area contributed by atoms with Gasteiger partial charge in [-0.3, -0.25) is 9.47 Å². The Labute approximate surface area is 218 Å². The summed E-state index contributed by atoms with van der Waals surface area (Å²) in [4.78, 5) is 26.5. The molecule has 1 aromatic carbocycles. The van der Waals surface area contributed by atoms with Crippen LogP contribution in [-0.4, -0.2) is 44.6 Å². The third-order valence-electron chi connectivity index (χ3n) is 7.76. The zero-order valence-electron chi connectivity index (χ0n) is 22.6. The number of aromatic nitrogens is 3. The van der Waals surface area contributed by atoms with Crippen LogP contribution in [0.4, 0.5) is 5.82 Å². The van der Waals surface area contributed by atoms with Gasteiger partial charge in [-0.15, -0.1) is 0 Å². The van der Waals surface area contributed by atoms with Gasteiger partial charge in [-0.25, -0.2) is 9.78 Å². The third-order valence-corrected chi connectivity index (χ3v) is 7.76. The molecule has 0 radical (unpaired) electrons. The van der Waals surface area contributed by atoms with Crippen molar-refractivity contribution in [2.75, 3.05) is 18.0 Å². The number of aryl methyl sites for hydroxylation is 1. The highest BCUT2D eigenvalue weighted by atomic mass is 16.1. The maximum atomic E-state index is 12.7. The molecule has 0 saturated carbocycles. The zero-order chi connectivity index (χ0) is 26.9. The molecule has 2 unspecified atom stereocenters. The second-order valence-corrected chi connectivity index (χ2v) is 10.5. The van der Waals surface area contributed by atoms with Gasteiger partial charge >= 0.3 is 5.69 Å². The van der Waals surface area contributed by atoms with Gasteiger partial charge in [-0.2, -0.15) is 15.5 Å². The van der Waals surface area contributed by atoms with Gasteiger partial charge in [-0.05, 0) is 56.9 Å². The third kappa shape index (κ3) is 4.82. The lowest BCUT2D eigenvalue weighted by atomic mass is 9.85. The molecule has 1 aliphatic heterocycles. The van der Waals surface area contributed by atoms with Crippen LogP contribution in [0.2, 0.25) is 0 Å². The first-order valence-corrected chi connectivity index (χ1v) is 13.0. The molecule has 1 aliphatic rings. The number of hydrogen-bond donors (Lipinski definition) is 0. The molecule has 192 valence electrons. The average molecular weight is 498 g/mol. The Kier molecular flexibility index (Phi) is 7.34. The van der Waals surface area contributed by atoms with Gasteiger partial charge in [0.15, 0.2) is 5.82 Å². The summed E-state index contributed by atoms with van der Waals surface area (Å²) in [6, 6.07) is 17.0. The van der Waals surface area contributed by atoms with E-state index in [2.05, 4.69) is 76.9 Å². The fourth-order valence-corrected chi connectivity index (χ4v) is 5.42. The van der Waals surface area contributed by atoms with Crippen molar-refractivity contribution >= 4 is 16.9 Å². The van der Waals surface area contributed by atoms with Crippen LogP contribution in [0.25, 0.3) is 11.0 Å². The van der Waals surface area contributed by atoms with Crippen LogP contribution >= 0.6 is 0 Å². The van der Waals surface area contributed by atoms with Crippen LogP contribution in [0.5, 0.6) is 0 Å². The molecule has 3 aromatic rings. The molecular formula is C29H35N7O. The molecule has 1 fully saturated rings. The molecule has 0 spiro atoms. The van der Waals surface area contributed by atoms with Crippen LogP contribution in [-0.2, 0) is 12.5 Å². The highest BCUT2D eigenvalue weighted by Crippen LogP contribution is 2.35. The molecule has 0 aliphatic carbocycles. The van der Waals surface area contributed by atoms with Gasteiger partial charge in [0.25, 0.3) is 0 Å². The Hall–Kier alpha value is -3.75. The highest BCUT2D eigenvalue weighted by Gasteiger charge is 2.36. The van der Waals surface area contributed by atoms with E-state index in [4.69, 9.17) is 0 Å². The van der Waals surface area contributed by atoms with Crippen molar-refractivity contribution in [2.45, 2.75) is 71.0 Å². The number of fused-ring (bicyclic) bond motifs is 1. The molecule has 8 heteroatoms. The van der Waals surface area contributed by atoms with E-state index < -0.39 is 5.41 Å². The fraction of sp³-hybridized carbons (Fsp3) is 0.483. The van der Waals surface area contributed by atoms with E-state index in [1.807, 2.05) is 13.8 Å². The first-order chi connectivity index (χ1) is 17.6. The minimum atomic E-state index is -0.520. The van der Waals surface area contributed by atoms with E-state index in [0.717, 1.165) is 24.9 Å². The maximum absolute atomic E-state index is 12.7. The monoisotopic (exact) mass is 497 g/mol. The van der Waals surface area contributed by atoms with E-state index in [1.165, 1.54) is 10.1 Å². The topological polar surface area (TPSA) is 102 Å². The van der Waals surface area contributed by atoms with Crippen LogP contribution < -0.4 is 10.6 Å². The van der Waals surface area contributed by atoms with E-state index in [-0.39, 0.29) is 23.8 Å². The SMILES string of the molecule is CCC(c1ccc(C(C)(C)C#N)cc1)N1CC(C)N(c2nc(=O)n(C)c3ccc(C#N)nc23)C[C@H]1CC. The summed E-state index contributed by atoms with van der Waals surface area (Å²) < 4.78 is 1.48. The molecule has 3 heterocycles. The van der Waals surface area contributed by atoms with E-state index in [0.29, 0.717) is 29.1 Å². The molecule has 4 rings (SSSR count). The second-order valence-electron chi connectivity index (χ2n) is 10.5. The molecule has 0 N–H and O–H groups in total. The lowest BCUT2D eigenvalue weighted by Gasteiger charge is -2.49. The summed E-state index contributed by atoms with van der Waals surface area (Å²) in [7, 11) is 1.68. The van der Waals surface area contributed by atoms with Gasteiger partial charge in [0.05, 0.1) is 17.0 Å². The molecule has 1 saturated heterocycles. The summed E-state index contributed by atoms with van der Waals surface area (Å²) in [5.41, 5.74) is 2.98. The van der Waals surface area contributed by atoms with Gasteiger partial charge in [0.1, 0.15) is 17.3 Å². The minimum absolute atomic E-state index is 0.0870. The van der Waals surface area contributed by atoms with Crippen molar-refractivity contribution < 1.29 is 0 Å². The predicted molar refractivity (Wildman–Crippen MR) is 145 cm³/mol. The van der Waals surface area contributed by atoms with E-state index >= 15 is 0 Å². The molecule has 3 atom stereocenters. The summed E-state index contributed by atoms with van der Waals surface area (Å²) in [6.45, 7) is 12.0. The molecule has 8 nitrogen and oxygen atoms in total. The zero-order valence-corrected chi connectivity index (χ0v) is 22.6. The molecule has 2 aromatic heterocycles. The van der Waals surface area contributed by atoms with E-state index in [9.17, 15) is 15.3 Å². The number of piperazine rings is 1. The summed E-state index contributed by atoms with van der Waals surface area (Å²) >= 11 is 0. The highest BCUT2D eigenvalue weighted by molar-refractivity contribution is 5.86. The van der Waals surface area contributed by atoms with Crippen molar-refractivity contribution in [3.8, 4) is 12.1 Å². The number of benzene rings is 1. The van der Waals surface area contributed by atoms with Crippen molar-refractivity contribution in [2.24, 2.45) is 7.05 Å². The van der Waals surface area contributed by atoms with Crippen LogP contribution in [0.1, 0.15) is 70.3 Å². The quantitative estimate of drug-likeness (QED) is 0.496. The number of nitrogens with zero attached hydrogens (tertiary/aromatic N) is 7. The largest absolute Gasteiger partial charge is 0.349 e. The Bertz CT molecular complexity index is 1430. The number of rotatable bonds is 6. The Morgan fingerprint density at radius 2 is 1.78 bits per heavy atom. The first kappa shape index (κ1) is 26.3. The van der Waals surface area contributed by atoms with E-state index in [1.54, 1.807) is 19.2 Å². The minimum Gasteiger partial charge on any atom is -0.349 e. The summed E-state index contributed by atoms with van der Waals surface area (Å²) in [5.74, 6) is 0.553. The molecular weight excluding hydrogens is 462 g/mol. The smallest absolute Gasteiger partial charge is 0.349 e. The van der Waals surface area contributed by atoms with Crippen molar-refractivity contribution in [3.05, 3.63) is 63.7 Å². The van der Waals surface area contributed by atoms with Crippen LogP contribution in [0, 0.1) is 22.7 Å². The fourth-order valence-electron chi connectivity index (χ4n) is 5.42. The first-order valence-electron chi connectivity index (χ1n) is 13.0. The molecule has 0 amide bonds. The number of hydrogen-bond acceptors (Lipinski definition) is 7. The lowest BCUT2D eigenvalue weighted by Crippen LogP contribution is -2.58. The van der Waals surface area contributed by atoms with Gasteiger partial charge in [0.2, 0.25) is 0 Å². The van der Waals surface area contributed by atoms with Gasteiger partial charge < -0.3 is 4.90 Å². The maximum Gasteiger partial charge on any atom is 0.349 e. The number of anilines is 1. The Morgan fingerprint density at radius 1 is 1.08 bits per heavy atom. The van der Waals surface area contributed by atoms with Crippen LogP contribution in [0.15, 0.2) is 41.2 Å². The summed E-state index contributed by atoms with van der Waals surface area (Å²) in [6.07, 6.45) is 1.91. The standard InChI is InChI=1S/C29H35N7O/c1-7-23-17-35(27-26-25(34(6)28(37)33-27)14-13-22(15-30)32-26)19(3)16-36(23)24(8-2)20-9-11-21(12-10-20)29(4,5)18-31/h9-14,19,23-24H,7-8,16-17H2,1-6H3/t19?,23-,24?/m1/s1. The van der Waals surface area contributed by atoms with Gasteiger partial charge in [-0.1, -0.05) is 38.1 Å². The van der Waals surface area contributed by atoms with Crippen molar-refractivity contribution in [3.63, 3.8) is 0 Å². The lowest BCUT2D eigenvalue weighted by molar-refractivity contribution is 0.0939.